The van der Waals surface area contributed by atoms with E-state index in [1.54, 1.807) is 0 Å². The maximum atomic E-state index is 12.3. The zero-order valence-electron chi connectivity index (χ0n) is 10.1. The summed E-state index contributed by atoms with van der Waals surface area (Å²) in [7, 11) is 0. The van der Waals surface area contributed by atoms with Crippen molar-refractivity contribution in [2.45, 2.75) is 32.3 Å². The lowest BCUT2D eigenvalue weighted by molar-refractivity contribution is -0.137. The first-order valence-electron chi connectivity index (χ1n) is 6.44. The van der Waals surface area contributed by atoms with Crippen molar-refractivity contribution in [1.29, 1.82) is 0 Å². The molecule has 2 aliphatic heterocycles. The van der Waals surface area contributed by atoms with Crippen molar-refractivity contribution in [1.82, 2.24) is 10.2 Å². The van der Waals surface area contributed by atoms with E-state index in [1.807, 2.05) is 4.90 Å². The fourth-order valence-electron chi connectivity index (χ4n) is 2.63. The van der Waals surface area contributed by atoms with Gasteiger partial charge in [-0.05, 0) is 25.8 Å². The maximum absolute atomic E-state index is 12.3. The largest absolute Gasteiger partial charge is 0.377 e. The number of carbonyl (C=O) groups is 1. The molecule has 0 aromatic carbocycles. The lowest BCUT2D eigenvalue weighted by Gasteiger charge is -2.25. The summed E-state index contributed by atoms with van der Waals surface area (Å²) in [6.07, 6.45) is 3.07. The van der Waals surface area contributed by atoms with Gasteiger partial charge in [0.1, 0.15) is 0 Å². The molecule has 4 nitrogen and oxygen atoms in total. The summed E-state index contributed by atoms with van der Waals surface area (Å²) in [6.45, 7) is 6.56. The third-order valence-electron chi connectivity index (χ3n) is 3.58. The molecule has 2 saturated heterocycles. The minimum Gasteiger partial charge on any atom is -0.377 e. The van der Waals surface area contributed by atoms with E-state index in [0.29, 0.717) is 5.91 Å². The summed E-state index contributed by atoms with van der Waals surface area (Å²) in [6, 6.07) is 0. The van der Waals surface area contributed by atoms with Gasteiger partial charge in [-0.25, -0.2) is 0 Å². The van der Waals surface area contributed by atoms with Crippen LogP contribution in [0.2, 0.25) is 0 Å². The molecular formula is C12H22N2O2. The minimum absolute atomic E-state index is 0.114. The number of nitrogens with zero attached hydrogens (tertiary/aromatic N) is 1. The van der Waals surface area contributed by atoms with Crippen molar-refractivity contribution in [3.8, 4) is 0 Å². The first kappa shape index (κ1) is 11.9. The Bertz CT molecular complexity index is 237. The van der Waals surface area contributed by atoms with Crippen LogP contribution in [-0.4, -0.2) is 49.7 Å². The van der Waals surface area contributed by atoms with Gasteiger partial charge in [-0.15, -0.1) is 0 Å². The summed E-state index contributed by atoms with van der Waals surface area (Å²) >= 11 is 0. The number of rotatable bonds is 2. The first-order chi connectivity index (χ1) is 7.83. The van der Waals surface area contributed by atoms with Gasteiger partial charge in [-0.1, -0.05) is 6.92 Å². The van der Waals surface area contributed by atoms with E-state index in [0.717, 1.165) is 52.0 Å². The normalized spacial score (nSPS) is 31.4. The van der Waals surface area contributed by atoms with Crippen molar-refractivity contribution in [3.05, 3.63) is 0 Å². The molecule has 4 heteroatoms. The Balaban J connectivity index is 1.94. The number of ether oxygens (including phenoxy) is 1. The van der Waals surface area contributed by atoms with Crippen LogP contribution in [0.15, 0.2) is 0 Å². The molecule has 0 bridgehead atoms. The van der Waals surface area contributed by atoms with Crippen LogP contribution in [-0.2, 0) is 9.53 Å². The molecule has 0 aliphatic carbocycles. The molecule has 0 spiro atoms. The third kappa shape index (κ3) is 2.55. The summed E-state index contributed by atoms with van der Waals surface area (Å²) in [5.41, 5.74) is 0. The van der Waals surface area contributed by atoms with Crippen molar-refractivity contribution < 1.29 is 9.53 Å². The number of carbonyl (C=O) groups excluding carboxylic acids is 1. The second-order valence-electron chi connectivity index (χ2n) is 4.64. The highest BCUT2D eigenvalue weighted by atomic mass is 16.5. The molecule has 2 atom stereocenters. The van der Waals surface area contributed by atoms with E-state index in [9.17, 15) is 4.79 Å². The Hall–Kier alpha value is -0.610. The number of hydrogen-bond donors (Lipinski definition) is 1. The minimum atomic E-state index is 0.114. The highest BCUT2D eigenvalue weighted by Crippen LogP contribution is 2.25. The highest BCUT2D eigenvalue weighted by Gasteiger charge is 2.35. The summed E-state index contributed by atoms with van der Waals surface area (Å²) in [5.74, 6) is 0.427. The molecule has 1 amide bonds. The van der Waals surface area contributed by atoms with Crippen LogP contribution in [0.3, 0.4) is 0 Å². The Morgan fingerprint density at radius 3 is 3.12 bits per heavy atom. The second-order valence-corrected chi connectivity index (χ2v) is 4.64. The lowest BCUT2D eigenvalue weighted by atomic mass is 9.98. The van der Waals surface area contributed by atoms with Gasteiger partial charge in [0.15, 0.2) is 0 Å². The Morgan fingerprint density at radius 2 is 2.31 bits per heavy atom. The fraction of sp³-hybridized carbons (Fsp3) is 0.917. The molecule has 2 heterocycles. The predicted octanol–water partition coefficient (Wildman–Crippen LogP) is 0.623. The Kier molecular flexibility index (Phi) is 4.18. The molecule has 0 aromatic rings. The summed E-state index contributed by atoms with van der Waals surface area (Å²) in [4.78, 5) is 14.4. The highest BCUT2D eigenvalue weighted by molar-refractivity contribution is 5.79. The van der Waals surface area contributed by atoms with Crippen LogP contribution in [0, 0.1) is 5.92 Å². The van der Waals surface area contributed by atoms with Crippen molar-refractivity contribution in [2.75, 3.05) is 32.8 Å². The Morgan fingerprint density at radius 1 is 1.44 bits per heavy atom. The maximum Gasteiger partial charge on any atom is 0.228 e. The topological polar surface area (TPSA) is 41.6 Å². The van der Waals surface area contributed by atoms with Crippen molar-refractivity contribution in [2.24, 2.45) is 5.92 Å². The quantitative estimate of drug-likeness (QED) is 0.750. The molecular weight excluding hydrogens is 204 g/mol. The van der Waals surface area contributed by atoms with Crippen LogP contribution in [0.25, 0.3) is 0 Å². The van der Waals surface area contributed by atoms with Gasteiger partial charge < -0.3 is 15.0 Å². The molecule has 1 N–H and O–H groups in total. The number of hydrogen-bond acceptors (Lipinski definition) is 3. The Labute approximate surface area is 97.3 Å². The molecule has 2 rings (SSSR count). The van der Waals surface area contributed by atoms with E-state index >= 15 is 0 Å². The van der Waals surface area contributed by atoms with Crippen LogP contribution in [0.4, 0.5) is 0 Å². The molecule has 0 radical (unpaired) electrons. The molecule has 16 heavy (non-hydrogen) atoms. The molecule has 0 aromatic heterocycles. The lowest BCUT2D eigenvalue weighted by Crippen LogP contribution is -2.41. The summed E-state index contributed by atoms with van der Waals surface area (Å²) in [5, 5.41) is 3.32. The van der Waals surface area contributed by atoms with Crippen LogP contribution in [0.1, 0.15) is 26.2 Å². The van der Waals surface area contributed by atoms with Crippen LogP contribution < -0.4 is 5.32 Å². The standard InChI is InChI=1S/C12H22N2O2/c1-2-11-10(4-9-16-11)12(15)14-7-3-5-13-6-8-14/h10-11,13H,2-9H2,1H3. The fourth-order valence-corrected chi connectivity index (χ4v) is 2.63. The van der Waals surface area contributed by atoms with Gasteiger partial charge in [0, 0.05) is 26.2 Å². The van der Waals surface area contributed by atoms with Gasteiger partial charge in [-0.3, -0.25) is 4.79 Å². The van der Waals surface area contributed by atoms with Gasteiger partial charge in [-0.2, -0.15) is 0 Å². The molecule has 2 aliphatic rings. The van der Waals surface area contributed by atoms with Gasteiger partial charge in [0.2, 0.25) is 5.91 Å². The van der Waals surface area contributed by atoms with E-state index in [4.69, 9.17) is 4.74 Å². The number of nitrogens with one attached hydrogen (secondary N) is 1. The van der Waals surface area contributed by atoms with Gasteiger partial charge in [0.25, 0.3) is 0 Å². The average molecular weight is 226 g/mol. The van der Waals surface area contributed by atoms with Crippen molar-refractivity contribution in [3.63, 3.8) is 0 Å². The van der Waals surface area contributed by atoms with Crippen molar-refractivity contribution >= 4 is 5.91 Å². The van der Waals surface area contributed by atoms with E-state index in [2.05, 4.69) is 12.2 Å². The number of amides is 1. The predicted molar refractivity (Wildman–Crippen MR) is 62.2 cm³/mol. The first-order valence-corrected chi connectivity index (χ1v) is 6.44. The van der Waals surface area contributed by atoms with Crippen LogP contribution >= 0.6 is 0 Å². The van der Waals surface area contributed by atoms with Gasteiger partial charge >= 0.3 is 0 Å². The molecule has 0 saturated carbocycles. The van der Waals surface area contributed by atoms with Gasteiger partial charge in [0.05, 0.1) is 12.0 Å². The second kappa shape index (κ2) is 5.64. The van der Waals surface area contributed by atoms with E-state index in [-0.39, 0.29) is 12.0 Å². The third-order valence-corrected chi connectivity index (χ3v) is 3.58. The van der Waals surface area contributed by atoms with Crippen LogP contribution in [0.5, 0.6) is 0 Å². The molecule has 92 valence electrons. The SMILES string of the molecule is CCC1OCCC1C(=O)N1CCCNCC1. The van der Waals surface area contributed by atoms with E-state index < -0.39 is 0 Å². The monoisotopic (exact) mass is 226 g/mol. The average Bonchev–Trinajstić information content (AvgIpc) is 2.61. The molecule has 2 fully saturated rings. The smallest absolute Gasteiger partial charge is 0.228 e. The summed E-state index contributed by atoms with van der Waals surface area (Å²) < 4.78 is 5.59. The zero-order valence-corrected chi connectivity index (χ0v) is 10.1. The molecule has 2 unspecified atom stereocenters. The van der Waals surface area contributed by atoms with E-state index in [1.165, 1.54) is 0 Å². The zero-order chi connectivity index (χ0) is 11.4.